The average molecular weight is 351 g/mol. The van der Waals surface area contributed by atoms with E-state index in [1.807, 2.05) is 0 Å². The van der Waals surface area contributed by atoms with Crippen molar-refractivity contribution in [2.24, 2.45) is 11.3 Å². The van der Waals surface area contributed by atoms with Crippen LogP contribution in [0.25, 0.3) is 0 Å². The summed E-state index contributed by atoms with van der Waals surface area (Å²) in [7, 11) is 0. The van der Waals surface area contributed by atoms with Crippen molar-refractivity contribution in [3.05, 3.63) is 0 Å². The monoisotopic (exact) mass is 348 g/mol. The minimum absolute atomic E-state index is 0.306. The summed E-state index contributed by atoms with van der Waals surface area (Å²) in [5.74, 6) is 0.389. The van der Waals surface area contributed by atoms with Crippen molar-refractivity contribution in [1.82, 2.24) is 0 Å². The highest BCUT2D eigenvalue weighted by atomic mass is 80.0. The van der Waals surface area contributed by atoms with Gasteiger partial charge in [0.25, 0.3) is 0 Å². The summed E-state index contributed by atoms with van der Waals surface area (Å²) in [6.07, 6.45) is 0.719. The van der Waals surface area contributed by atoms with E-state index < -0.39 is 2.14 Å². The Kier molecular flexibility index (Phi) is 2.82. The quantitative estimate of drug-likeness (QED) is 0.720. The van der Waals surface area contributed by atoms with E-state index in [1.165, 1.54) is 0 Å². The number of alkyl halides is 3. The third kappa shape index (κ3) is 2.42. The van der Waals surface area contributed by atoms with Crippen molar-refractivity contribution in [2.75, 3.05) is 0 Å². The van der Waals surface area contributed by atoms with Crippen molar-refractivity contribution in [1.29, 1.82) is 0 Å². The van der Waals surface area contributed by atoms with Gasteiger partial charge in [-0.15, -0.1) is 0 Å². The van der Waals surface area contributed by atoms with Crippen molar-refractivity contribution in [2.45, 2.75) is 28.5 Å². The molecule has 1 N–H and O–H groups in total. The van der Waals surface area contributed by atoms with Crippen molar-refractivity contribution >= 4 is 47.8 Å². The highest BCUT2D eigenvalue weighted by Crippen LogP contribution is 2.58. The zero-order valence-electron chi connectivity index (χ0n) is 6.44. The molecule has 0 amide bonds. The maximum absolute atomic E-state index is 9.72. The van der Waals surface area contributed by atoms with E-state index in [2.05, 4.69) is 61.6 Å². The van der Waals surface area contributed by atoms with Gasteiger partial charge in [-0.1, -0.05) is 61.6 Å². The van der Waals surface area contributed by atoms with E-state index in [-0.39, 0.29) is 6.10 Å². The predicted octanol–water partition coefficient (Wildman–Crippen LogP) is 3.23. The topological polar surface area (TPSA) is 20.2 Å². The first kappa shape index (κ1) is 10.5. The highest BCUT2D eigenvalue weighted by Gasteiger charge is 2.54. The second-order valence-corrected chi connectivity index (χ2v) is 10.7. The first-order chi connectivity index (χ1) is 4.75. The zero-order chi connectivity index (χ0) is 8.86. The van der Waals surface area contributed by atoms with Gasteiger partial charge < -0.3 is 5.11 Å². The smallest absolute Gasteiger partial charge is 0.160 e. The molecule has 0 radical (unpaired) electrons. The standard InChI is InChI=1S/C7H11Br3O/c1-6(2)3-4(6)5(11)7(8,9)10/h4-5,11H,3H2,1-2H3/t4-,5?/m0/s1. The molecule has 1 fully saturated rings. The molecule has 0 aromatic heterocycles. The average Bonchev–Trinajstić information content (AvgIpc) is 2.36. The third-order valence-electron chi connectivity index (χ3n) is 2.31. The van der Waals surface area contributed by atoms with Crippen molar-refractivity contribution in [3.63, 3.8) is 0 Å². The molecule has 0 aliphatic heterocycles. The van der Waals surface area contributed by atoms with Crippen LogP contribution in [0.5, 0.6) is 0 Å². The fraction of sp³-hybridized carbons (Fsp3) is 1.00. The lowest BCUT2D eigenvalue weighted by Crippen LogP contribution is -2.27. The van der Waals surface area contributed by atoms with Gasteiger partial charge in [-0.3, -0.25) is 0 Å². The van der Waals surface area contributed by atoms with Gasteiger partial charge in [0.15, 0.2) is 2.14 Å². The molecule has 0 aromatic carbocycles. The molecular formula is C7H11Br3O. The summed E-state index contributed by atoms with van der Waals surface area (Å²) < 4.78 is -0.508. The van der Waals surface area contributed by atoms with E-state index >= 15 is 0 Å². The molecule has 4 heteroatoms. The summed E-state index contributed by atoms with van der Waals surface area (Å²) in [4.78, 5) is 0. The molecule has 11 heavy (non-hydrogen) atoms. The van der Waals surface area contributed by atoms with Gasteiger partial charge in [-0.05, 0) is 17.8 Å². The summed E-state index contributed by atoms with van der Waals surface area (Å²) in [6, 6.07) is 0. The lowest BCUT2D eigenvalue weighted by atomic mass is 10.1. The third-order valence-corrected chi connectivity index (χ3v) is 3.71. The van der Waals surface area contributed by atoms with E-state index in [0.717, 1.165) is 6.42 Å². The molecule has 0 bridgehead atoms. The molecule has 0 saturated heterocycles. The molecule has 2 atom stereocenters. The maximum Gasteiger partial charge on any atom is 0.160 e. The SMILES string of the molecule is CC1(C)C[C@H]1C(O)C(Br)(Br)Br. The van der Waals surface area contributed by atoms with Crippen LogP contribution in [0.15, 0.2) is 0 Å². The first-order valence-corrected chi connectivity index (χ1v) is 5.88. The van der Waals surface area contributed by atoms with E-state index in [4.69, 9.17) is 0 Å². The van der Waals surface area contributed by atoms with E-state index in [0.29, 0.717) is 11.3 Å². The van der Waals surface area contributed by atoms with Gasteiger partial charge >= 0.3 is 0 Å². The molecule has 0 heterocycles. The number of aliphatic hydroxyl groups is 1. The van der Waals surface area contributed by atoms with Crippen LogP contribution < -0.4 is 0 Å². The molecule has 0 spiro atoms. The highest BCUT2D eigenvalue weighted by molar-refractivity contribution is 9.39. The number of hydrogen-bond donors (Lipinski definition) is 1. The number of hydrogen-bond acceptors (Lipinski definition) is 1. The second kappa shape index (κ2) is 2.96. The Labute approximate surface area is 92.3 Å². The van der Waals surface area contributed by atoms with Gasteiger partial charge in [-0.2, -0.15) is 0 Å². The van der Waals surface area contributed by atoms with E-state index in [1.54, 1.807) is 0 Å². The van der Waals surface area contributed by atoms with Crippen LogP contribution in [-0.4, -0.2) is 13.4 Å². The Hall–Kier alpha value is 1.40. The fourth-order valence-corrected chi connectivity index (χ4v) is 2.23. The van der Waals surface area contributed by atoms with Crippen LogP contribution in [0.3, 0.4) is 0 Å². The molecule has 1 aliphatic carbocycles. The molecule has 1 saturated carbocycles. The van der Waals surface area contributed by atoms with Crippen LogP contribution in [0.2, 0.25) is 0 Å². The summed E-state index contributed by atoms with van der Waals surface area (Å²) in [6.45, 7) is 4.33. The molecule has 0 aromatic rings. The Morgan fingerprint density at radius 1 is 1.45 bits per heavy atom. The van der Waals surface area contributed by atoms with Crippen molar-refractivity contribution < 1.29 is 5.11 Å². The minimum atomic E-state index is -0.508. The van der Waals surface area contributed by atoms with Crippen LogP contribution in [0.1, 0.15) is 20.3 Å². The van der Waals surface area contributed by atoms with Gasteiger partial charge in [-0.25, -0.2) is 0 Å². The molecule has 66 valence electrons. The Morgan fingerprint density at radius 2 is 1.82 bits per heavy atom. The molecule has 1 aliphatic rings. The Bertz CT molecular complexity index is 162. The fourth-order valence-electron chi connectivity index (χ4n) is 1.27. The largest absolute Gasteiger partial charge is 0.390 e. The summed E-state index contributed by atoms with van der Waals surface area (Å²) in [5, 5.41) is 9.72. The van der Waals surface area contributed by atoms with Gasteiger partial charge in [0.1, 0.15) is 0 Å². The predicted molar refractivity (Wildman–Crippen MR) is 57.4 cm³/mol. The normalized spacial score (nSPS) is 31.6. The van der Waals surface area contributed by atoms with Crippen LogP contribution in [0, 0.1) is 11.3 Å². The van der Waals surface area contributed by atoms with Crippen LogP contribution >= 0.6 is 47.8 Å². The summed E-state index contributed by atoms with van der Waals surface area (Å²) >= 11 is 9.96. The minimum Gasteiger partial charge on any atom is -0.390 e. The number of aliphatic hydroxyl groups excluding tert-OH is 1. The van der Waals surface area contributed by atoms with Gasteiger partial charge in [0.2, 0.25) is 0 Å². The molecule has 1 unspecified atom stereocenters. The van der Waals surface area contributed by atoms with Crippen LogP contribution in [-0.2, 0) is 0 Å². The lowest BCUT2D eigenvalue weighted by Gasteiger charge is -2.21. The van der Waals surface area contributed by atoms with Crippen LogP contribution in [0.4, 0.5) is 0 Å². The maximum atomic E-state index is 9.72. The first-order valence-electron chi connectivity index (χ1n) is 3.50. The van der Waals surface area contributed by atoms with E-state index in [9.17, 15) is 5.11 Å². The Balaban J connectivity index is 2.52. The number of rotatable bonds is 1. The van der Waals surface area contributed by atoms with Crippen molar-refractivity contribution in [3.8, 4) is 0 Å². The van der Waals surface area contributed by atoms with Gasteiger partial charge in [0.05, 0.1) is 6.10 Å². The second-order valence-electron chi connectivity index (χ2n) is 3.79. The molecular weight excluding hydrogens is 340 g/mol. The Morgan fingerprint density at radius 3 is 1.91 bits per heavy atom. The van der Waals surface area contributed by atoms with Gasteiger partial charge in [0, 0.05) is 0 Å². The number of halogens is 3. The summed E-state index contributed by atoms with van der Waals surface area (Å²) in [5.41, 5.74) is 0.306. The zero-order valence-corrected chi connectivity index (χ0v) is 11.2. The lowest BCUT2D eigenvalue weighted by molar-refractivity contribution is 0.150. The molecule has 1 rings (SSSR count). The molecule has 1 nitrogen and oxygen atoms in total.